The molecule has 0 unspecified atom stereocenters. The molecule has 2 aromatic carbocycles. The zero-order valence-electron chi connectivity index (χ0n) is 12.3. The van der Waals surface area contributed by atoms with Gasteiger partial charge in [0.2, 0.25) is 0 Å². The third-order valence-corrected chi connectivity index (χ3v) is 2.95. The van der Waals surface area contributed by atoms with Gasteiger partial charge >= 0.3 is 0 Å². The molecule has 1 aliphatic heterocycles. The van der Waals surface area contributed by atoms with Crippen LogP contribution in [0, 0.1) is 10.1 Å². The van der Waals surface area contributed by atoms with Gasteiger partial charge in [0.25, 0.3) is 5.69 Å². The van der Waals surface area contributed by atoms with E-state index in [2.05, 4.69) is 10.3 Å². The Morgan fingerprint density at radius 1 is 1.09 bits per heavy atom. The maximum Gasteiger partial charge on any atom is 0.270 e. The molecule has 1 heterocycles. The highest BCUT2D eigenvalue weighted by molar-refractivity contribution is 6.09. The molecule has 0 aromatic heterocycles. The van der Waals surface area contributed by atoms with Crippen molar-refractivity contribution in [3.63, 3.8) is 0 Å². The minimum atomic E-state index is -0.512. The number of nitro benzene ring substituents is 1. The maximum absolute atomic E-state index is 12.0. The van der Waals surface area contributed by atoms with Crippen molar-refractivity contribution in [1.29, 1.82) is 0 Å². The fourth-order valence-electron chi connectivity index (χ4n) is 1.85. The fraction of sp³-hybridized carbons (Fsp3) is 0.0588. The summed E-state index contributed by atoms with van der Waals surface area (Å²) in [7, 11) is 0. The molecule has 0 radical (unpaired) electrons. The third-order valence-electron chi connectivity index (χ3n) is 2.95. The summed E-state index contributed by atoms with van der Waals surface area (Å²) in [4.78, 5) is 25.9. The van der Waals surface area contributed by atoms with Crippen LogP contribution in [0.3, 0.4) is 0 Å². The number of hydrogen-bond acceptors (Lipinski definition) is 5. The molecule has 6 nitrogen and oxygen atoms in total. The molecule has 116 valence electrons. The van der Waals surface area contributed by atoms with Crippen LogP contribution in [0.15, 0.2) is 71.9 Å². The van der Waals surface area contributed by atoms with Crippen molar-refractivity contribution >= 4 is 17.8 Å². The highest BCUT2D eigenvalue weighted by Gasteiger charge is 2.12. The Hall–Kier alpha value is -3.28. The topological polar surface area (TPSA) is 84.6 Å². The number of nitrogens with one attached hydrogen (secondary N) is 1. The van der Waals surface area contributed by atoms with Crippen molar-refractivity contribution in [1.82, 2.24) is 5.32 Å². The molecule has 3 rings (SSSR count). The number of nitro groups is 1. The summed E-state index contributed by atoms with van der Waals surface area (Å²) in [6.45, 7) is 0.826. The number of carbonyl (C=O) groups is 1. The first-order chi connectivity index (χ1) is 11.2. The predicted octanol–water partition coefficient (Wildman–Crippen LogP) is 2.96. The van der Waals surface area contributed by atoms with Crippen molar-refractivity contribution in [2.45, 2.75) is 0 Å². The van der Waals surface area contributed by atoms with Gasteiger partial charge in [-0.15, -0.1) is 0 Å². The van der Waals surface area contributed by atoms with Crippen LogP contribution in [0.1, 0.15) is 15.9 Å². The first-order valence-electron chi connectivity index (χ1n) is 6.92. The molecule has 0 fully saturated rings. The Kier molecular flexibility index (Phi) is 5.76. The summed E-state index contributed by atoms with van der Waals surface area (Å²) >= 11 is 0. The second-order valence-corrected chi connectivity index (χ2v) is 4.57. The van der Waals surface area contributed by atoms with Crippen LogP contribution in [-0.4, -0.2) is 23.6 Å². The second-order valence-electron chi connectivity index (χ2n) is 4.57. The van der Waals surface area contributed by atoms with E-state index in [4.69, 9.17) is 0 Å². The zero-order valence-corrected chi connectivity index (χ0v) is 12.3. The molecule has 23 heavy (non-hydrogen) atoms. The SMILES string of the molecule is C1=CNC=NC1.O=C(c1ccccc1)c1cccc([N+](=O)[O-])c1. The van der Waals surface area contributed by atoms with Gasteiger partial charge in [-0.1, -0.05) is 42.5 Å². The molecule has 0 saturated heterocycles. The lowest BCUT2D eigenvalue weighted by Gasteiger charge is -2.00. The van der Waals surface area contributed by atoms with E-state index in [-0.39, 0.29) is 11.5 Å². The van der Waals surface area contributed by atoms with E-state index in [1.54, 1.807) is 36.7 Å². The number of nitrogens with zero attached hydrogens (tertiary/aromatic N) is 2. The van der Waals surface area contributed by atoms with Gasteiger partial charge in [-0.3, -0.25) is 19.9 Å². The molecule has 0 amide bonds. The molecule has 0 atom stereocenters. The summed E-state index contributed by atoms with van der Waals surface area (Å²) in [5.41, 5.74) is 0.769. The summed E-state index contributed by atoms with van der Waals surface area (Å²) in [5.74, 6) is -0.214. The number of non-ortho nitro benzene ring substituents is 1. The quantitative estimate of drug-likeness (QED) is 0.536. The molecule has 6 heteroatoms. The predicted molar refractivity (Wildman–Crippen MR) is 88.6 cm³/mol. The van der Waals surface area contributed by atoms with Crippen molar-refractivity contribution < 1.29 is 9.72 Å². The normalized spacial score (nSPS) is 11.8. The average molecular weight is 309 g/mol. The standard InChI is InChI=1S/C13H9NO3.C4H6N2/c15-13(10-5-2-1-3-6-10)11-7-4-8-12(9-11)14(16)17;1-2-5-4-6-3-1/h1-9H;1-2,4H,3H2,(H,5,6). The van der Waals surface area contributed by atoms with Crippen molar-refractivity contribution in [2.75, 3.05) is 6.54 Å². The van der Waals surface area contributed by atoms with Gasteiger partial charge in [0, 0.05) is 23.3 Å². The van der Waals surface area contributed by atoms with Crippen LogP contribution in [0.5, 0.6) is 0 Å². The van der Waals surface area contributed by atoms with Crippen LogP contribution >= 0.6 is 0 Å². The van der Waals surface area contributed by atoms with E-state index in [9.17, 15) is 14.9 Å². The van der Waals surface area contributed by atoms with Crippen LogP contribution in [0.4, 0.5) is 5.69 Å². The van der Waals surface area contributed by atoms with Gasteiger partial charge < -0.3 is 5.32 Å². The third kappa shape index (κ3) is 4.89. The van der Waals surface area contributed by atoms with Crippen molar-refractivity contribution in [3.8, 4) is 0 Å². The number of aliphatic imine (C=N–C) groups is 1. The van der Waals surface area contributed by atoms with E-state index in [1.165, 1.54) is 18.2 Å². The molecule has 2 aromatic rings. The van der Waals surface area contributed by atoms with Gasteiger partial charge in [-0.05, 0) is 12.3 Å². The van der Waals surface area contributed by atoms with Crippen LogP contribution in [-0.2, 0) is 0 Å². The molecule has 0 aliphatic carbocycles. The lowest BCUT2D eigenvalue weighted by molar-refractivity contribution is -0.384. The Labute approximate surface area is 133 Å². The Morgan fingerprint density at radius 2 is 1.83 bits per heavy atom. The summed E-state index contributed by atoms with van der Waals surface area (Å²) in [6, 6.07) is 14.4. The minimum absolute atomic E-state index is 0.0771. The zero-order chi connectivity index (χ0) is 16.5. The molecule has 1 aliphatic rings. The van der Waals surface area contributed by atoms with Gasteiger partial charge in [0.05, 0.1) is 17.8 Å². The van der Waals surface area contributed by atoms with E-state index in [1.807, 2.05) is 18.3 Å². The van der Waals surface area contributed by atoms with E-state index in [0.29, 0.717) is 11.1 Å². The van der Waals surface area contributed by atoms with Crippen LogP contribution in [0.25, 0.3) is 0 Å². The molecule has 0 bridgehead atoms. The largest absolute Gasteiger partial charge is 0.353 e. The second kappa shape index (κ2) is 8.23. The fourth-order valence-corrected chi connectivity index (χ4v) is 1.85. The Bertz CT molecular complexity index is 720. The van der Waals surface area contributed by atoms with E-state index in [0.717, 1.165) is 6.54 Å². The first-order valence-corrected chi connectivity index (χ1v) is 6.92. The Morgan fingerprint density at radius 3 is 2.35 bits per heavy atom. The lowest BCUT2D eigenvalue weighted by Crippen LogP contribution is -2.04. The van der Waals surface area contributed by atoms with Crippen LogP contribution in [0.2, 0.25) is 0 Å². The van der Waals surface area contributed by atoms with Crippen LogP contribution < -0.4 is 5.32 Å². The number of ketones is 1. The number of benzene rings is 2. The lowest BCUT2D eigenvalue weighted by atomic mass is 10.0. The minimum Gasteiger partial charge on any atom is -0.353 e. The molecular formula is C17H15N3O3. The van der Waals surface area contributed by atoms with Gasteiger partial charge in [0.15, 0.2) is 5.78 Å². The molecule has 1 N–H and O–H groups in total. The molecular weight excluding hydrogens is 294 g/mol. The van der Waals surface area contributed by atoms with E-state index >= 15 is 0 Å². The van der Waals surface area contributed by atoms with Gasteiger partial charge in [0.1, 0.15) is 0 Å². The summed E-state index contributed by atoms with van der Waals surface area (Å²) < 4.78 is 0. The molecule has 0 saturated carbocycles. The number of rotatable bonds is 3. The number of hydrogen-bond donors (Lipinski definition) is 1. The van der Waals surface area contributed by atoms with Crippen molar-refractivity contribution in [3.05, 3.63) is 88.1 Å². The monoisotopic (exact) mass is 309 g/mol. The van der Waals surface area contributed by atoms with Crippen molar-refractivity contribution in [2.24, 2.45) is 4.99 Å². The number of carbonyl (C=O) groups excluding carboxylic acids is 1. The summed E-state index contributed by atoms with van der Waals surface area (Å²) in [5, 5.41) is 13.4. The summed E-state index contributed by atoms with van der Waals surface area (Å²) in [6.07, 6.45) is 5.51. The van der Waals surface area contributed by atoms with Gasteiger partial charge in [-0.25, -0.2) is 0 Å². The maximum atomic E-state index is 12.0. The first kappa shape index (κ1) is 16.1. The van der Waals surface area contributed by atoms with Gasteiger partial charge in [-0.2, -0.15) is 0 Å². The van der Waals surface area contributed by atoms with E-state index < -0.39 is 4.92 Å². The average Bonchev–Trinajstić information content (AvgIpc) is 2.64. The Balaban J connectivity index is 0.000000268. The highest BCUT2D eigenvalue weighted by atomic mass is 16.6. The molecule has 0 spiro atoms. The smallest absolute Gasteiger partial charge is 0.270 e. The highest BCUT2D eigenvalue weighted by Crippen LogP contribution is 2.16.